The molecule has 0 saturated heterocycles. The van der Waals surface area contributed by atoms with Crippen molar-refractivity contribution in [1.82, 2.24) is 10.3 Å². The van der Waals surface area contributed by atoms with E-state index in [9.17, 15) is 4.79 Å². The van der Waals surface area contributed by atoms with E-state index in [0.717, 1.165) is 22.9 Å². The molecule has 0 spiro atoms. The van der Waals surface area contributed by atoms with E-state index in [0.29, 0.717) is 13.0 Å². The fourth-order valence-corrected chi connectivity index (χ4v) is 3.03. The van der Waals surface area contributed by atoms with Crippen LogP contribution >= 0.6 is 0 Å². The Morgan fingerprint density at radius 1 is 1.04 bits per heavy atom. The van der Waals surface area contributed by atoms with Crippen LogP contribution in [0.15, 0.2) is 54.7 Å². The van der Waals surface area contributed by atoms with Gasteiger partial charge in [-0.25, -0.2) is 0 Å². The van der Waals surface area contributed by atoms with Crippen molar-refractivity contribution in [2.75, 3.05) is 6.54 Å². The van der Waals surface area contributed by atoms with E-state index in [4.69, 9.17) is 0 Å². The summed E-state index contributed by atoms with van der Waals surface area (Å²) < 4.78 is 0. The summed E-state index contributed by atoms with van der Waals surface area (Å²) in [5, 5.41) is 4.15. The van der Waals surface area contributed by atoms with Crippen molar-refractivity contribution in [3.8, 4) is 0 Å². The third-order valence-electron chi connectivity index (χ3n) is 4.58. The summed E-state index contributed by atoms with van der Waals surface area (Å²) in [5.74, 6) is 0.0658. The number of carbonyl (C=O) groups is 1. The fourth-order valence-electron chi connectivity index (χ4n) is 3.03. The van der Waals surface area contributed by atoms with Gasteiger partial charge >= 0.3 is 0 Å². The number of aromatic nitrogens is 1. The maximum atomic E-state index is 12.2. The van der Waals surface area contributed by atoms with Crippen molar-refractivity contribution in [3.05, 3.63) is 71.4 Å². The molecule has 2 aromatic carbocycles. The minimum Gasteiger partial charge on any atom is -0.361 e. The molecule has 25 heavy (non-hydrogen) atoms. The number of nitrogens with one attached hydrogen (secondary N) is 2. The van der Waals surface area contributed by atoms with E-state index < -0.39 is 0 Å². The van der Waals surface area contributed by atoms with E-state index in [1.165, 1.54) is 11.1 Å². The Labute approximate surface area is 149 Å². The molecule has 0 bridgehead atoms. The Bertz CT molecular complexity index is 854. The average molecular weight is 334 g/mol. The zero-order valence-electron chi connectivity index (χ0n) is 15.2. The predicted molar refractivity (Wildman–Crippen MR) is 104 cm³/mol. The van der Waals surface area contributed by atoms with Crippen molar-refractivity contribution >= 4 is 16.8 Å². The molecule has 130 valence electrons. The summed E-state index contributed by atoms with van der Waals surface area (Å²) in [4.78, 5) is 15.4. The molecule has 3 nitrogen and oxygen atoms in total. The molecule has 0 aliphatic carbocycles. The molecule has 3 aromatic rings. The first-order valence-corrected chi connectivity index (χ1v) is 8.84. The molecule has 0 atom stereocenters. The second-order valence-electron chi connectivity index (χ2n) is 7.58. The molecule has 0 radical (unpaired) electrons. The number of hydrogen-bond acceptors (Lipinski definition) is 1. The molecule has 0 saturated carbocycles. The lowest BCUT2D eigenvalue weighted by molar-refractivity contribution is -0.120. The summed E-state index contributed by atoms with van der Waals surface area (Å²) in [6.45, 7) is 7.31. The highest BCUT2D eigenvalue weighted by atomic mass is 16.1. The van der Waals surface area contributed by atoms with E-state index in [1.807, 2.05) is 30.5 Å². The molecule has 3 heteroatoms. The van der Waals surface area contributed by atoms with E-state index in [1.54, 1.807) is 0 Å². The number of amides is 1. The van der Waals surface area contributed by atoms with Gasteiger partial charge in [-0.2, -0.15) is 0 Å². The Hall–Kier alpha value is -2.55. The predicted octanol–water partition coefficient (Wildman–Crippen LogP) is 4.37. The SMILES string of the molecule is CC(C)(C)c1ccc(CCNC(=O)Cc2c[nH]c3ccccc23)cc1. The van der Waals surface area contributed by atoms with E-state index >= 15 is 0 Å². The molecule has 0 aliphatic heterocycles. The van der Waals surface area contributed by atoms with Crippen molar-refractivity contribution in [2.45, 2.75) is 39.0 Å². The summed E-state index contributed by atoms with van der Waals surface area (Å²) in [6, 6.07) is 16.8. The molecule has 2 N–H and O–H groups in total. The van der Waals surface area contributed by atoms with Gasteiger partial charge in [0.2, 0.25) is 5.91 Å². The van der Waals surface area contributed by atoms with Gasteiger partial charge in [0, 0.05) is 23.6 Å². The summed E-state index contributed by atoms with van der Waals surface area (Å²) in [5.41, 5.74) is 4.87. The fraction of sp³-hybridized carbons (Fsp3) is 0.318. The van der Waals surface area contributed by atoms with Crippen LogP contribution in [0.1, 0.15) is 37.5 Å². The second kappa shape index (κ2) is 7.14. The van der Waals surface area contributed by atoms with E-state index in [-0.39, 0.29) is 11.3 Å². The topological polar surface area (TPSA) is 44.9 Å². The van der Waals surface area contributed by atoms with Gasteiger partial charge < -0.3 is 10.3 Å². The van der Waals surface area contributed by atoms with Gasteiger partial charge in [0.05, 0.1) is 6.42 Å². The number of para-hydroxylation sites is 1. The summed E-state index contributed by atoms with van der Waals surface area (Å²) in [7, 11) is 0. The molecular formula is C22H26N2O. The van der Waals surface area contributed by atoms with Gasteiger partial charge in [-0.15, -0.1) is 0 Å². The lowest BCUT2D eigenvalue weighted by Gasteiger charge is -2.19. The maximum Gasteiger partial charge on any atom is 0.224 e. The third kappa shape index (κ3) is 4.30. The first-order chi connectivity index (χ1) is 11.9. The molecule has 0 fully saturated rings. The number of hydrogen-bond donors (Lipinski definition) is 2. The molecule has 1 amide bonds. The zero-order valence-corrected chi connectivity index (χ0v) is 15.2. The number of benzene rings is 2. The van der Waals surface area contributed by atoms with Crippen LogP contribution in [-0.2, 0) is 23.1 Å². The van der Waals surface area contributed by atoms with Gasteiger partial charge in [0.15, 0.2) is 0 Å². The first kappa shape index (κ1) is 17.3. The number of rotatable bonds is 5. The molecule has 0 unspecified atom stereocenters. The number of carbonyl (C=O) groups excluding carboxylic acids is 1. The van der Waals surface area contributed by atoms with Crippen LogP contribution in [0.3, 0.4) is 0 Å². The van der Waals surface area contributed by atoms with Gasteiger partial charge in [-0.3, -0.25) is 4.79 Å². The highest BCUT2D eigenvalue weighted by Crippen LogP contribution is 2.22. The minimum absolute atomic E-state index is 0.0658. The quantitative estimate of drug-likeness (QED) is 0.715. The number of H-pyrrole nitrogens is 1. The Morgan fingerprint density at radius 3 is 2.48 bits per heavy atom. The highest BCUT2D eigenvalue weighted by molar-refractivity contribution is 5.88. The molecular weight excluding hydrogens is 308 g/mol. The van der Waals surface area contributed by atoms with Gasteiger partial charge in [-0.05, 0) is 34.6 Å². The number of fused-ring (bicyclic) bond motifs is 1. The largest absolute Gasteiger partial charge is 0.361 e. The van der Waals surface area contributed by atoms with Crippen molar-refractivity contribution < 1.29 is 4.79 Å². The smallest absolute Gasteiger partial charge is 0.224 e. The second-order valence-corrected chi connectivity index (χ2v) is 7.58. The van der Waals surface area contributed by atoms with Gasteiger partial charge in [0.25, 0.3) is 0 Å². The average Bonchev–Trinajstić information content (AvgIpc) is 2.98. The third-order valence-corrected chi connectivity index (χ3v) is 4.58. The minimum atomic E-state index is 0.0658. The Balaban J connectivity index is 1.51. The van der Waals surface area contributed by atoms with Gasteiger partial charge in [-0.1, -0.05) is 63.2 Å². The van der Waals surface area contributed by atoms with Crippen LogP contribution < -0.4 is 5.32 Å². The van der Waals surface area contributed by atoms with Crippen molar-refractivity contribution in [3.63, 3.8) is 0 Å². The standard InChI is InChI=1S/C22H26N2O/c1-22(2,3)18-10-8-16(9-11-18)12-13-23-21(25)14-17-15-24-20-7-5-4-6-19(17)20/h4-11,15,24H,12-14H2,1-3H3,(H,23,25). The van der Waals surface area contributed by atoms with Crippen LogP contribution in [0, 0.1) is 0 Å². The summed E-state index contributed by atoms with van der Waals surface area (Å²) >= 11 is 0. The first-order valence-electron chi connectivity index (χ1n) is 8.84. The van der Waals surface area contributed by atoms with Gasteiger partial charge in [0.1, 0.15) is 0 Å². The monoisotopic (exact) mass is 334 g/mol. The number of aromatic amines is 1. The lowest BCUT2D eigenvalue weighted by atomic mass is 9.86. The molecule has 1 aromatic heterocycles. The van der Waals surface area contributed by atoms with Crippen LogP contribution in [0.5, 0.6) is 0 Å². The molecule has 0 aliphatic rings. The molecule has 1 heterocycles. The normalized spacial score (nSPS) is 11.6. The maximum absolute atomic E-state index is 12.2. The highest BCUT2D eigenvalue weighted by Gasteiger charge is 2.13. The summed E-state index contributed by atoms with van der Waals surface area (Å²) in [6.07, 6.45) is 3.19. The Morgan fingerprint density at radius 2 is 1.76 bits per heavy atom. The van der Waals surface area contributed by atoms with Crippen LogP contribution in [-0.4, -0.2) is 17.4 Å². The molecule has 3 rings (SSSR count). The Kier molecular flexibility index (Phi) is 4.93. The van der Waals surface area contributed by atoms with Crippen LogP contribution in [0.2, 0.25) is 0 Å². The van der Waals surface area contributed by atoms with Crippen molar-refractivity contribution in [2.24, 2.45) is 0 Å². The zero-order chi connectivity index (χ0) is 17.9. The van der Waals surface area contributed by atoms with Crippen molar-refractivity contribution in [1.29, 1.82) is 0 Å². The van der Waals surface area contributed by atoms with E-state index in [2.05, 4.69) is 55.3 Å². The van der Waals surface area contributed by atoms with Crippen LogP contribution in [0.25, 0.3) is 10.9 Å². The lowest BCUT2D eigenvalue weighted by Crippen LogP contribution is -2.27. The van der Waals surface area contributed by atoms with Crippen LogP contribution in [0.4, 0.5) is 0 Å².